The second-order valence-corrected chi connectivity index (χ2v) is 5.28. The number of rotatable bonds is 4. The molecule has 3 rings (SSSR count). The van der Waals surface area contributed by atoms with E-state index in [1.165, 1.54) is 32.1 Å². The minimum absolute atomic E-state index is 0.378. The summed E-state index contributed by atoms with van der Waals surface area (Å²) in [5.41, 5.74) is 1.62. The van der Waals surface area contributed by atoms with Crippen molar-refractivity contribution >= 4 is 11.4 Å². The van der Waals surface area contributed by atoms with E-state index in [1.54, 1.807) is 12.4 Å². The summed E-state index contributed by atoms with van der Waals surface area (Å²) in [7, 11) is 0. The van der Waals surface area contributed by atoms with Gasteiger partial charge in [0.15, 0.2) is 0 Å². The van der Waals surface area contributed by atoms with Crippen LogP contribution in [0.2, 0.25) is 0 Å². The van der Waals surface area contributed by atoms with Gasteiger partial charge >= 0.3 is 0 Å². The van der Waals surface area contributed by atoms with E-state index in [0.717, 1.165) is 17.1 Å². The summed E-state index contributed by atoms with van der Waals surface area (Å²) in [4.78, 5) is 3.95. The Kier molecular flexibility index (Phi) is 4.56. The number of aromatic nitrogens is 1. The van der Waals surface area contributed by atoms with Gasteiger partial charge in [-0.05, 0) is 62.1 Å². The summed E-state index contributed by atoms with van der Waals surface area (Å²) >= 11 is 0. The lowest BCUT2D eigenvalue weighted by Crippen LogP contribution is -2.19. The first-order valence-corrected chi connectivity index (χ1v) is 7.49. The van der Waals surface area contributed by atoms with Crippen LogP contribution in [0.5, 0.6) is 5.75 Å². The van der Waals surface area contributed by atoms with Crippen molar-refractivity contribution in [3.63, 3.8) is 0 Å². The lowest BCUT2D eigenvalue weighted by Gasteiger charge is -2.22. The molecule has 0 radical (unpaired) electrons. The van der Waals surface area contributed by atoms with Crippen LogP contribution in [0, 0.1) is 0 Å². The molecule has 0 unspecified atom stereocenters. The largest absolute Gasteiger partial charge is 0.490 e. The van der Waals surface area contributed by atoms with Crippen LogP contribution in [0.25, 0.3) is 0 Å². The van der Waals surface area contributed by atoms with Crippen molar-refractivity contribution in [2.24, 2.45) is 10.2 Å². The Labute approximate surface area is 124 Å². The fourth-order valence-corrected chi connectivity index (χ4v) is 2.49. The monoisotopic (exact) mass is 281 g/mol. The molecule has 1 saturated carbocycles. The molecule has 1 aliphatic carbocycles. The Bertz CT molecular complexity index is 575. The van der Waals surface area contributed by atoms with E-state index in [0.29, 0.717) is 6.10 Å². The summed E-state index contributed by atoms with van der Waals surface area (Å²) in [6.45, 7) is 0. The molecule has 1 aromatic heterocycles. The van der Waals surface area contributed by atoms with Crippen molar-refractivity contribution in [2.75, 3.05) is 0 Å². The number of ether oxygens (including phenoxy) is 1. The zero-order valence-electron chi connectivity index (χ0n) is 12.0. The van der Waals surface area contributed by atoms with E-state index in [2.05, 4.69) is 15.2 Å². The number of hydrogen-bond donors (Lipinski definition) is 0. The van der Waals surface area contributed by atoms with Crippen molar-refractivity contribution in [2.45, 2.75) is 38.2 Å². The first-order valence-electron chi connectivity index (χ1n) is 7.49. The number of nitrogens with zero attached hydrogens (tertiary/aromatic N) is 3. The quantitative estimate of drug-likeness (QED) is 0.722. The molecule has 0 aliphatic heterocycles. The molecular formula is C17H19N3O. The Hall–Kier alpha value is -2.23. The Morgan fingerprint density at radius 2 is 1.43 bits per heavy atom. The molecule has 1 aliphatic rings. The van der Waals surface area contributed by atoms with Gasteiger partial charge in [0.2, 0.25) is 0 Å². The van der Waals surface area contributed by atoms with E-state index >= 15 is 0 Å². The Morgan fingerprint density at radius 1 is 0.810 bits per heavy atom. The highest BCUT2D eigenvalue weighted by Gasteiger charge is 2.14. The van der Waals surface area contributed by atoms with Gasteiger partial charge in [-0.3, -0.25) is 4.98 Å². The third kappa shape index (κ3) is 4.12. The van der Waals surface area contributed by atoms with Gasteiger partial charge in [-0.25, -0.2) is 0 Å². The van der Waals surface area contributed by atoms with E-state index in [9.17, 15) is 0 Å². The molecule has 0 spiro atoms. The second kappa shape index (κ2) is 6.97. The molecule has 2 aromatic rings. The molecule has 4 nitrogen and oxygen atoms in total. The Balaban J connectivity index is 1.60. The number of hydrogen-bond acceptors (Lipinski definition) is 4. The van der Waals surface area contributed by atoms with Crippen LogP contribution >= 0.6 is 0 Å². The van der Waals surface area contributed by atoms with Crippen LogP contribution in [0.3, 0.4) is 0 Å². The van der Waals surface area contributed by atoms with Crippen molar-refractivity contribution < 1.29 is 4.74 Å². The van der Waals surface area contributed by atoms with Crippen LogP contribution in [-0.4, -0.2) is 11.1 Å². The average Bonchev–Trinajstić information content (AvgIpc) is 2.56. The van der Waals surface area contributed by atoms with Gasteiger partial charge in [-0.15, -0.1) is 0 Å². The van der Waals surface area contributed by atoms with Gasteiger partial charge in [0, 0.05) is 12.4 Å². The maximum atomic E-state index is 5.99. The molecular weight excluding hydrogens is 262 g/mol. The van der Waals surface area contributed by atoms with E-state index in [-0.39, 0.29) is 0 Å². The van der Waals surface area contributed by atoms with Crippen molar-refractivity contribution in [3.05, 3.63) is 48.8 Å². The molecule has 4 heteroatoms. The fraction of sp³-hybridized carbons (Fsp3) is 0.353. The van der Waals surface area contributed by atoms with Gasteiger partial charge in [0.25, 0.3) is 0 Å². The minimum atomic E-state index is 0.378. The van der Waals surface area contributed by atoms with Crippen LogP contribution in [-0.2, 0) is 0 Å². The molecule has 1 heterocycles. The highest BCUT2D eigenvalue weighted by molar-refractivity contribution is 5.42. The maximum Gasteiger partial charge on any atom is 0.119 e. The van der Waals surface area contributed by atoms with Gasteiger partial charge in [-0.1, -0.05) is 6.42 Å². The standard InChI is InChI=1S/C17H19N3O/c1-2-4-16(5-3-1)21-17-8-6-14(7-9-17)19-20-15-10-12-18-13-11-15/h6-13,16H,1-5H2. The Morgan fingerprint density at radius 3 is 2.10 bits per heavy atom. The van der Waals surface area contributed by atoms with Crippen LogP contribution < -0.4 is 4.74 Å². The summed E-state index contributed by atoms with van der Waals surface area (Å²) in [6, 6.07) is 11.4. The molecule has 0 N–H and O–H groups in total. The van der Waals surface area contributed by atoms with Crippen LogP contribution in [0.4, 0.5) is 11.4 Å². The molecule has 0 saturated heterocycles. The summed E-state index contributed by atoms with van der Waals surface area (Å²) in [5, 5.41) is 8.37. The van der Waals surface area contributed by atoms with E-state index in [4.69, 9.17) is 4.74 Å². The number of pyridine rings is 1. The van der Waals surface area contributed by atoms with Gasteiger partial charge in [0.1, 0.15) is 5.75 Å². The molecule has 1 aromatic carbocycles. The zero-order chi connectivity index (χ0) is 14.3. The maximum absolute atomic E-state index is 5.99. The number of benzene rings is 1. The smallest absolute Gasteiger partial charge is 0.119 e. The van der Waals surface area contributed by atoms with Gasteiger partial charge in [-0.2, -0.15) is 10.2 Å². The van der Waals surface area contributed by atoms with Crippen molar-refractivity contribution in [1.29, 1.82) is 0 Å². The molecule has 0 bridgehead atoms. The van der Waals surface area contributed by atoms with Crippen molar-refractivity contribution in [1.82, 2.24) is 4.98 Å². The van der Waals surface area contributed by atoms with E-state index in [1.807, 2.05) is 36.4 Å². The summed E-state index contributed by atoms with van der Waals surface area (Å²) < 4.78 is 5.99. The molecule has 108 valence electrons. The SMILES string of the molecule is c1cc(N=Nc2ccc(OC3CCCCC3)cc2)ccn1. The highest BCUT2D eigenvalue weighted by atomic mass is 16.5. The lowest BCUT2D eigenvalue weighted by atomic mass is 9.98. The van der Waals surface area contributed by atoms with Crippen molar-refractivity contribution in [3.8, 4) is 5.75 Å². The second-order valence-electron chi connectivity index (χ2n) is 5.28. The van der Waals surface area contributed by atoms with E-state index < -0.39 is 0 Å². The van der Waals surface area contributed by atoms with Gasteiger partial charge < -0.3 is 4.74 Å². The molecule has 1 fully saturated rings. The molecule has 0 atom stereocenters. The third-order valence-electron chi connectivity index (χ3n) is 3.64. The number of azo groups is 1. The summed E-state index contributed by atoms with van der Waals surface area (Å²) in [5.74, 6) is 0.921. The lowest BCUT2D eigenvalue weighted by molar-refractivity contribution is 0.155. The molecule has 0 amide bonds. The third-order valence-corrected chi connectivity index (χ3v) is 3.64. The normalized spacial score (nSPS) is 16.2. The summed E-state index contributed by atoms with van der Waals surface area (Å²) in [6.07, 6.45) is 10.0. The first-order chi connectivity index (χ1) is 10.4. The van der Waals surface area contributed by atoms with Crippen LogP contribution in [0.15, 0.2) is 59.0 Å². The molecule has 21 heavy (non-hydrogen) atoms. The van der Waals surface area contributed by atoms with Gasteiger partial charge in [0.05, 0.1) is 17.5 Å². The predicted molar refractivity (Wildman–Crippen MR) is 82.4 cm³/mol. The highest BCUT2D eigenvalue weighted by Crippen LogP contribution is 2.25. The predicted octanol–water partition coefficient (Wildman–Crippen LogP) is 5.21. The first kappa shape index (κ1) is 13.7. The zero-order valence-corrected chi connectivity index (χ0v) is 12.0. The minimum Gasteiger partial charge on any atom is -0.490 e. The average molecular weight is 281 g/mol. The topological polar surface area (TPSA) is 46.8 Å². The fourth-order valence-electron chi connectivity index (χ4n) is 2.49. The van der Waals surface area contributed by atoms with Crippen LogP contribution in [0.1, 0.15) is 32.1 Å².